The number of carbonyl (C=O) groups excluding carboxylic acids is 4. The molecule has 0 aliphatic heterocycles. The highest BCUT2D eigenvalue weighted by Crippen LogP contribution is 2.27. The molecule has 0 saturated carbocycles. The summed E-state index contributed by atoms with van der Waals surface area (Å²) in [5.74, 6) is -1.66. The fourth-order valence-electron chi connectivity index (χ4n) is 3.31. The molecule has 0 fully saturated rings. The van der Waals surface area contributed by atoms with Crippen molar-refractivity contribution < 1.29 is 28.7 Å². The van der Waals surface area contributed by atoms with Crippen molar-refractivity contribution in [3.05, 3.63) is 34.9 Å². The summed E-state index contributed by atoms with van der Waals surface area (Å²) in [5, 5.41) is 14.6. The van der Waals surface area contributed by atoms with Gasteiger partial charge in [0.1, 0.15) is 24.2 Å². The second kappa shape index (κ2) is 13.3. The maximum absolute atomic E-state index is 13.4. The standard InChI is InChI=1S/C25H36N4O6/c1-8-34-20(30)12-14-27-22(31)21(19-11-9-10-16(2)17(19)3)29(15-13-26)23(32)18(4)28-24(33)35-25(5,6)7/h9-11,18,21H,8,12,14-15H2,1-7H3,(H,27,31)(H,28,33). The molecule has 35 heavy (non-hydrogen) atoms. The summed E-state index contributed by atoms with van der Waals surface area (Å²) in [7, 11) is 0. The molecule has 2 atom stereocenters. The van der Waals surface area contributed by atoms with E-state index in [0.717, 1.165) is 16.0 Å². The lowest BCUT2D eigenvalue weighted by atomic mass is 9.95. The van der Waals surface area contributed by atoms with Gasteiger partial charge < -0.3 is 25.0 Å². The van der Waals surface area contributed by atoms with Crippen LogP contribution in [0.25, 0.3) is 0 Å². The van der Waals surface area contributed by atoms with Crippen LogP contribution in [0.4, 0.5) is 4.79 Å². The van der Waals surface area contributed by atoms with Crippen LogP contribution in [0.5, 0.6) is 0 Å². The summed E-state index contributed by atoms with van der Waals surface area (Å²) in [6, 6.07) is 5.04. The summed E-state index contributed by atoms with van der Waals surface area (Å²) < 4.78 is 10.1. The van der Waals surface area contributed by atoms with Crippen molar-refractivity contribution in [2.45, 2.75) is 72.6 Å². The van der Waals surface area contributed by atoms with Crippen molar-refractivity contribution in [2.75, 3.05) is 19.7 Å². The lowest BCUT2D eigenvalue weighted by Crippen LogP contribution is -2.52. The van der Waals surface area contributed by atoms with Crippen molar-refractivity contribution >= 4 is 23.9 Å². The predicted molar refractivity (Wildman–Crippen MR) is 129 cm³/mol. The molecule has 1 aromatic carbocycles. The minimum atomic E-state index is -1.16. The largest absolute Gasteiger partial charge is 0.466 e. The van der Waals surface area contributed by atoms with Gasteiger partial charge in [-0.3, -0.25) is 14.4 Å². The van der Waals surface area contributed by atoms with E-state index in [-0.39, 0.29) is 19.6 Å². The van der Waals surface area contributed by atoms with Crippen molar-refractivity contribution in [2.24, 2.45) is 0 Å². The number of hydrogen-bond donors (Lipinski definition) is 2. The van der Waals surface area contributed by atoms with Crippen LogP contribution in [0.15, 0.2) is 18.2 Å². The Kier molecular flexibility index (Phi) is 11.2. The van der Waals surface area contributed by atoms with E-state index in [4.69, 9.17) is 9.47 Å². The molecular formula is C25H36N4O6. The van der Waals surface area contributed by atoms with Crippen LogP contribution in [0.1, 0.15) is 63.8 Å². The van der Waals surface area contributed by atoms with E-state index in [9.17, 15) is 24.4 Å². The fraction of sp³-hybridized carbons (Fsp3) is 0.560. The van der Waals surface area contributed by atoms with Crippen molar-refractivity contribution in [3.8, 4) is 6.07 Å². The number of alkyl carbamates (subject to hydrolysis) is 1. The third kappa shape index (κ3) is 9.27. The molecule has 0 aliphatic carbocycles. The Bertz CT molecular complexity index is 964. The van der Waals surface area contributed by atoms with Gasteiger partial charge in [-0.1, -0.05) is 18.2 Å². The third-order valence-electron chi connectivity index (χ3n) is 5.06. The lowest BCUT2D eigenvalue weighted by molar-refractivity contribution is -0.144. The SMILES string of the molecule is CCOC(=O)CCNC(=O)C(c1cccc(C)c1C)N(CC#N)C(=O)C(C)NC(=O)OC(C)(C)C. The molecule has 2 unspecified atom stereocenters. The smallest absolute Gasteiger partial charge is 0.408 e. The average molecular weight is 489 g/mol. The quantitative estimate of drug-likeness (QED) is 0.381. The van der Waals surface area contributed by atoms with Crippen LogP contribution in [0, 0.1) is 25.2 Å². The molecule has 0 bridgehead atoms. The van der Waals surface area contributed by atoms with Gasteiger partial charge in [-0.15, -0.1) is 0 Å². The Balaban J connectivity index is 3.27. The number of nitriles is 1. The van der Waals surface area contributed by atoms with Gasteiger partial charge in [0.15, 0.2) is 0 Å². The molecular weight excluding hydrogens is 452 g/mol. The minimum absolute atomic E-state index is 0.000668. The molecule has 0 heterocycles. The highest BCUT2D eigenvalue weighted by Gasteiger charge is 2.35. The summed E-state index contributed by atoms with van der Waals surface area (Å²) >= 11 is 0. The number of esters is 1. The highest BCUT2D eigenvalue weighted by atomic mass is 16.6. The van der Waals surface area contributed by atoms with Gasteiger partial charge in [-0.25, -0.2) is 4.79 Å². The highest BCUT2D eigenvalue weighted by molar-refractivity contribution is 5.92. The zero-order chi connectivity index (χ0) is 26.8. The van der Waals surface area contributed by atoms with E-state index in [2.05, 4.69) is 10.6 Å². The predicted octanol–water partition coefficient (Wildman–Crippen LogP) is 2.68. The maximum atomic E-state index is 13.4. The molecule has 192 valence electrons. The van der Waals surface area contributed by atoms with Crippen molar-refractivity contribution in [3.63, 3.8) is 0 Å². The number of nitrogens with one attached hydrogen (secondary N) is 2. The number of nitrogens with zero attached hydrogens (tertiary/aromatic N) is 2. The van der Waals surface area contributed by atoms with E-state index in [1.165, 1.54) is 6.92 Å². The minimum Gasteiger partial charge on any atom is -0.466 e. The van der Waals surface area contributed by atoms with Gasteiger partial charge in [0.2, 0.25) is 11.8 Å². The fourth-order valence-corrected chi connectivity index (χ4v) is 3.31. The summed E-state index contributed by atoms with van der Waals surface area (Å²) in [5.41, 5.74) is 1.45. The van der Waals surface area contributed by atoms with E-state index in [1.54, 1.807) is 39.8 Å². The Morgan fingerprint density at radius 2 is 1.83 bits per heavy atom. The normalized spacial score (nSPS) is 12.5. The van der Waals surface area contributed by atoms with Crippen LogP contribution in [-0.4, -0.2) is 60.1 Å². The number of rotatable bonds is 10. The van der Waals surface area contributed by atoms with Gasteiger partial charge >= 0.3 is 12.1 Å². The second-order valence-electron chi connectivity index (χ2n) is 9.03. The van der Waals surface area contributed by atoms with Crippen LogP contribution >= 0.6 is 0 Å². The first-order valence-corrected chi connectivity index (χ1v) is 11.5. The average Bonchev–Trinajstić information content (AvgIpc) is 2.74. The van der Waals surface area contributed by atoms with Crippen LogP contribution < -0.4 is 10.6 Å². The second-order valence-corrected chi connectivity index (χ2v) is 9.03. The number of benzene rings is 1. The lowest BCUT2D eigenvalue weighted by Gasteiger charge is -2.33. The molecule has 0 aliphatic rings. The Morgan fingerprint density at radius 1 is 1.17 bits per heavy atom. The van der Waals surface area contributed by atoms with Gasteiger partial charge in [-0.2, -0.15) is 5.26 Å². The monoisotopic (exact) mass is 488 g/mol. The van der Waals surface area contributed by atoms with Crippen LogP contribution in [0.3, 0.4) is 0 Å². The van der Waals surface area contributed by atoms with Gasteiger partial charge in [0, 0.05) is 6.54 Å². The van der Waals surface area contributed by atoms with E-state index >= 15 is 0 Å². The van der Waals surface area contributed by atoms with Gasteiger partial charge in [0.05, 0.1) is 19.1 Å². The van der Waals surface area contributed by atoms with Gasteiger partial charge in [-0.05, 0) is 65.2 Å². The molecule has 1 rings (SSSR count). The number of amides is 3. The van der Waals surface area contributed by atoms with Crippen LogP contribution in [0.2, 0.25) is 0 Å². The van der Waals surface area contributed by atoms with Crippen molar-refractivity contribution in [1.29, 1.82) is 5.26 Å². The molecule has 10 nitrogen and oxygen atoms in total. The van der Waals surface area contributed by atoms with Crippen LogP contribution in [-0.2, 0) is 23.9 Å². The Hall–Kier alpha value is -3.61. The van der Waals surface area contributed by atoms with Gasteiger partial charge in [0.25, 0.3) is 0 Å². The first-order chi connectivity index (χ1) is 16.3. The first kappa shape index (κ1) is 29.4. The maximum Gasteiger partial charge on any atom is 0.408 e. The summed E-state index contributed by atoms with van der Waals surface area (Å²) in [6.07, 6.45) is -0.834. The first-order valence-electron chi connectivity index (χ1n) is 11.5. The molecule has 0 spiro atoms. The molecule has 0 radical (unpaired) electrons. The molecule has 3 amide bonds. The molecule has 1 aromatic rings. The number of carbonyl (C=O) groups is 4. The molecule has 2 N–H and O–H groups in total. The molecule has 0 aromatic heterocycles. The summed E-state index contributed by atoms with van der Waals surface area (Å²) in [4.78, 5) is 51.7. The zero-order valence-corrected chi connectivity index (χ0v) is 21.6. The number of ether oxygens (including phenoxy) is 2. The summed E-state index contributed by atoms with van der Waals surface area (Å²) in [6.45, 7) is 11.7. The molecule has 10 heteroatoms. The zero-order valence-electron chi connectivity index (χ0n) is 21.6. The number of hydrogen-bond acceptors (Lipinski definition) is 7. The third-order valence-corrected chi connectivity index (χ3v) is 5.06. The number of aryl methyl sites for hydroxylation is 1. The van der Waals surface area contributed by atoms with E-state index in [1.807, 2.05) is 26.0 Å². The molecule has 0 saturated heterocycles. The van der Waals surface area contributed by atoms with E-state index < -0.39 is 48.1 Å². The van der Waals surface area contributed by atoms with Crippen molar-refractivity contribution in [1.82, 2.24) is 15.5 Å². The Labute approximate surface area is 206 Å². The Morgan fingerprint density at radius 3 is 2.40 bits per heavy atom. The topological polar surface area (TPSA) is 138 Å². The van der Waals surface area contributed by atoms with E-state index in [0.29, 0.717) is 5.56 Å².